The molecule has 0 radical (unpaired) electrons. The molecule has 1 heterocycles. The van der Waals surface area contributed by atoms with Gasteiger partial charge in [-0.2, -0.15) is 0 Å². The minimum Gasteiger partial charge on any atom is -0.496 e. The van der Waals surface area contributed by atoms with Crippen molar-refractivity contribution in [3.05, 3.63) is 28.8 Å². The fourth-order valence-corrected chi connectivity index (χ4v) is 2.54. The van der Waals surface area contributed by atoms with Gasteiger partial charge in [-0.25, -0.2) is 0 Å². The summed E-state index contributed by atoms with van der Waals surface area (Å²) in [5.41, 5.74) is 4.14. The van der Waals surface area contributed by atoms with Crippen LogP contribution in [-0.4, -0.2) is 32.6 Å². The van der Waals surface area contributed by atoms with E-state index in [2.05, 4.69) is 36.3 Å². The molecule has 17 heavy (non-hydrogen) atoms. The number of rotatable bonds is 3. The number of benzene rings is 1. The van der Waals surface area contributed by atoms with E-state index >= 15 is 0 Å². The zero-order valence-electron chi connectivity index (χ0n) is 11.2. The van der Waals surface area contributed by atoms with Crippen LogP contribution in [-0.2, 0) is 13.0 Å². The second-order valence-corrected chi connectivity index (χ2v) is 4.80. The lowest BCUT2D eigenvalue weighted by Gasteiger charge is -2.33. The largest absolute Gasteiger partial charge is 0.496 e. The second-order valence-electron chi connectivity index (χ2n) is 4.80. The van der Waals surface area contributed by atoms with Crippen molar-refractivity contribution in [3.8, 4) is 5.75 Å². The minimum atomic E-state index is 0.483. The van der Waals surface area contributed by atoms with Crippen molar-refractivity contribution < 1.29 is 4.74 Å². The smallest absolute Gasteiger partial charge is 0.123 e. The van der Waals surface area contributed by atoms with Crippen LogP contribution in [0.15, 0.2) is 12.1 Å². The molecule has 0 bridgehead atoms. The molecule has 1 N–H and O–H groups in total. The molecule has 3 heteroatoms. The van der Waals surface area contributed by atoms with Gasteiger partial charge >= 0.3 is 0 Å². The molecule has 0 aliphatic carbocycles. The van der Waals surface area contributed by atoms with Crippen molar-refractivity contribution in [2.24, 2.45) is 0 Å². The number of methoxy groups -OCH3 is 1. The zero-order chi connectivity index (χ0) is 12.4. The normalized spacial score (nSPS) is 20.1. The Hall–Kier alpha value is -1.06. The van der Waals surface area contributed by atoms with Gasteiger partial charge < -0.3 is 10.1 Å². The average Bonchev–Trinajstić information content (AvgIpc) is 2.34. The van der Waals surface area contributed by atoms with E-state index in [-0.39, 0.29) is 0 Å². The standard InChI is InChI=1S/C14H22N2O/c1-10-13-8-14(17-4)12(9-15-2)7-11(13)5-6-16(10)3/h7-8,10,15H,5-6,9H2,1-4H3. The summed E-state index contributed by atoms with van der Waals surface area (Å²) in [6, 6.07) is 4.99. The first-order valence-corrected chi connectivity index (χ1v) is 6.22. The van der Waals surface area contributed by atoms with Gasteiger partial charge in [0.1, 0.15) is 5.75 Å². The summed E-state index contributed by atoms with van der Waals surface area (Å²) in [5, 5.41) is 3.20. The monoisotopic (exact) mass is 234 g/mol. The van der Waals surface area contributed by atoms with Crippen molar-refractivity contribution in [2.45, 2.75) is 25.9 Å². The van der Waals surface area contributed by atoms with Crippen LogP contribution in [0, 0.1) is 0 Å². The Morgan fingerprint density at radius 1 is 1.47 bits per heavy atom. The van der Waals surface area contributed by atoms with Gasteiger partial charge in [0.25, 0.3) is 0 Å². The van der Waals surface area contributed by atoms with Crippen molar-refractivity contribution in [2.75, 3.05) is 27.7 Å². The van der Waals surface area contributed by atoms with Crippen LogP contribution in [0.4, 0.5) is 0 Å². The van der Waals surface area contributed by atoms with E-state index in [9.17, 15) is 0 Å². The molecule has 0 amide bonds. The van der Waals surface area contributed by atoms with Crippen molar-refractivity contribution >= 4 is 0 Å². The number of nitrogens with one attached hydrogen (secondary N) is 1. The van der Waals surface area contributed by atoms with Crippen LogP contribution in [0.25, 0.3) is 0 Å². The van der Waals surface area contributed by atoms with E-state index in [1.54, 1.807) is 7.11 Å². The summed E-state index contributed by atoms with van der Waals surface area (Å²) in [4.78, 5) is 2.39. The number of fused-ring (bicyclic) bond motifs is 1. The Labute approximate surface area is 104 Å². The number of hydrogen-bond acceptors (Lipinski definition) is 3. The van der Waals surface area contributed by atoms with E-state index in [0.717, 1.165) is 25.3 Å². The molecule has 0 fully saturated rings. The van der Waals surface area contributed by atoms with Crippen molar-refractivity contribution in [3.63, 3.8) is 0 Å². The lowest BCUT2D eigenvalue weighted by atomic mass is 9.91. The Morgan fingerprint density at radius 2 is 2.24 bits per heavy atom. The first-order valence-electron chi connectivity index (χ1n) is 6.22. The molecule has 1 aliphatic rings. The van der Waals surface area contributed by atoms with E-state index < -0.39 is 0 Å². The molecule has 3 nitrogen and oxygen atoms in total. The molecule has 2 rings (SSSR count). The highest BCUT2D eigenvalue weighted by atomic mass is 16.5. The summed E-state index contributed by atoms with van der Waals surface area (Å²) in [6.07, 6.45) is 1.14. The van der Waals surface area contributed by atoms with Gasteiger partial charge in [-0.15, -0.1) is 0 Å². The minimum absolute atomic E-state index is 0.483. The van der Waals surface area contributed by atoms with Gasteiger partial charge in [-0.1, -0.05) is 6.07 Å². The summed E-state index contributed by atoms with van der Waals surface area (Å²) in [7, 11) is 5.90. The van der Waals surface area contributed by atoms with Gasteiger partial charge in [-0.05, 0) is 44.6 Å². The molecular formula is C14H22N2O. The third-order valence-corrected chi connectivity index (χ3v) is 3.75. The third-order valence-electron chi connectivity index (χ3n) is 3.75. The van der Waals surface area contributed by atoms with E-state index in [1.165, 1.54) is 16.7 Å². The average molecular weight is 234 g/mol. The summed E-state index contributed by atoms with van der Waals surface area (Å²) in [6.45, 7) is 4.26. The van der Waals surface area contributed by atoms with Crippen LogP contribution >= 0.6 is 0 Å². The Morgan fingerprint density at radius 3 is 2.88 bits per heavy atom. The molecule has 1 aromatic rings. The third kappa shape index (κ3) is 2.31. The fraction of sp³-hybridized carbons (Fsp3) is 0.571. The number of hydrogen-bond donors (Lipinski definition) is 1. The van der Waals surface area contributed by atoms with Gasteiger partial charge in [-0.3, -0.25) is 4.90 Å². The summed E-state index contributed by atoms with van der Waals surface area (Å²) < 4.78 is 5.49. The summed E-state index contributed by atoms with van der Waals surface area (Å²) in [5.74, 6) is 1.00. The summed E-state index contributed by atoms with van der Waals surface area (Å²) >= 11 is 0. The molecule has 1 aliphatic heterocycles. The zero-order valence-corrected chi connectivity index (χ0v) is 11.2. The molecule has 1 aromatic carbocycles. The highest BCUT2D eigenvalue weighted by molar-refractivity contribution is 5.45. The van der Waals surface area contributed by atoms with Crippen LogP contribution < -0.4 is 10.1 Å². The first-order chi connectivity index (χ1) is 8.17. The van der Waals surface area contributed by atoms with Gasteiger partial charge in [0.15, 0.2) is 0 Å². The van der Waals surface area contributed by atoms with Crippen LogP contribution in [0.1, 0.15) is 29.7 Å². The van der Waals surface area contributed by atoms with E-state index in [4.69, 9.17) is 4.74 Å². The maximum absolute atomic E-state index is 5.49. The van der Waals surface area contributed by atoms with Crippen LogP contribution in [0.3, 0.4) is 0 Å². The lowest BCUT2D eigenvalue weighted by Crippen LogP contribution is -2.30. The Bertz CT molecular complexity index is 403. The molecular weight excluding hydrogens is 212 g/mol. The lowest BCUT2D eigenvalue weighted by molar-refractivity contribution is 0.246. The van der Waals surface area contributed by atoms with Gasteiger partial charge in [0.05, 0.1) is 7.11 Å². The molecule has 0 spiro atoms. The quantitative estimate of drug-likeness (QED) is 0.865. The highest BCUT2D eigenvalue weighted by Gasteiger charge is 2.22. The van der Waals surface area contributed by atoms with Crippen molar-refractivity contribution in [1.82, 2.24) is 10.2 Å². The molecule has 1 unspecified atom stereocenters. The Balaban J connectivity index is 2.43. The van der Waals surface area contributed by atoms with Gasteiger partial charge in [0.2, 0.25) is 0 Å². The predicted molar refractivity (Wildman–Crippen MR) is 70.5 cm³/mol. The SMILES string of the molecule is CNCc1cc2c(cc1OC)C(C)N(C)CC2. The van der Waals surface area contributed by atoms with E-state index in [0.29, 0.717) is 6.04 Å². The number of nitrogens with zero attached hydrogens (tertiary/aromatic N) is 1. The topological polar surface area (TPSA) is 24.5 Å². The second kappa shape index (κ2) is 5.07. The van der Waals surface area contributed by atoms with Crippen LogP contribution in [0.5, 0.6) is 5.75 Å². The maximum Gasteiger partial charge on any atom is 0.123 e. The fourth-order valence-electron chi connectivity index (χ4n) is 2.54. The van der Waals surface area contributed by atoms with Crippen molar-refractivity contribution in [1.29, 1.82) is 0 Å². The number of ether oxygens (including phenoxy) is 1. The maximum atomic E-state index is 5.49. The number of likely N-dealkylation sites (N-methyl/N-ethyl adjacent to an activating group) is 1. The Kier molecular flexibility index (Phi) is 3.69. The molecule has 1 atom stereocenters. The van der Waals surface area contributed by atoms with E-state index in [1.807, 2.05) is 7.05 Å². The van der Waals surface area contributed by atoms with Crippen LogP contribution in [0.2, 0.25) is 0 Å². The van der Waals surface area contributed by atoms with Gasteiger partial charge in [0, 0.05) is 24.7 Å². The molecule has 94 valence electrons. The molecule has 0 saturated carbocycles. The molecule has 0 aromatic heterocycles. The highest BCUT2D eigenvalue weighted by Crippen LogP contribution is 2.33. The first kappa shape index (κ1) is 12.4. The predicted octanol–water partition coefficient (Wildman–Crippen LogP) is 1.96. The molecule has 0 saturated heterocycles.